The molecule has 0 aliphatic carbocycles. The summed E-state index contributed by atoms with van der Waals surface area (Å²) in [6, 6.07) is 0. The molecule has 0 aromatic heterocycles. The molecule has 0 bridgehead atoms. The molecule has 0 fully saturated rings. The van der Waals surface area contributed by atoms with Crippen LogP contribution < -0.4 is 12.4 Å². The zero-order chi connectivity index (χ0) is 5.33. The number of nitrogens with zero attached hydrogens (tertiary/aromatic N) is 1. The van der Waals surface area contributed by atoms with E-state index < -0.39 is 0 Å². The highest BCUT2D eigenvalue weighted by atomic mass is 35.5. The lowest BCUT2D eigenvalue weighted by Crippen LogP contribution is -3.00. The van der Waals surface area contributed by atoms with Gasteiger partial charge in [0, 0.05) is 0 Å². The highest BCUT2D eigenvalue weighted by Gasteiger charge is 2.07. The molecule has 8 heavy (non-hydrogen) atoms. The summed E-state index contributed by atoms with van der Waals surface area (Å²) in [5.41, 5.74) is 0. The van der Waals surface area contributed by atoms with Crippen LogP contribution in [-0.2, 0) is 0 Å². The van der Waals surface area contributed by atoms with Crippen LogP contribution in [0.2, 0.25) is 0 Å². The van der Waals surface area contributed by atoms with Gasteiger partial charge in [0.15, 0.2) is 0 Å². The number of hydrogen-bond donors (Lipinski definition) is 0. The van der Waals surface area contributed by atoms with Crippen LogP contribution in [0.3, 0.4) is 0 Å². The Bertz CT molecular complexity index is 110. The first-order valence-corrected chi connectivity index (χ1v) is 2.41. The van der Waals surface area contributed by atoms with Crippen molar-refractivity contribution in [1.29, 1.82) is 0 Å². The Hall–Kier alpha value is -0.270. The van der Waals surface area contributed by atoms with E-state index in [1.807, 2.05) is 0 Å². The summed E-state index contributed by atoms with van der Waals surface area (Å²) in [6.07, 6.45) is 8.36. The Balaban J connectivity index is 0.000000490. The van der Waals surface area contributed by atoms with E-state index in [-0.39, 0.29) is 12.4 Å². The fourth-order valence-corrected chi connectivity index (χ4v) is 0.593. The molecule has 46 valence electrons. The molecule has 0 aromatic carbocycles. The van der Waals surface area contributed by atoms with Crippen molar-refractivity contribution < 1.29 is 16.9 Å². The van der Waals surface area contributed by atoms with Crippen molar-refractivity contribution in [3.05, 3.63) is 24.6 Å². The van der Waals surface area contributed by atoms with Crippen LogP contribution in [0.5, 0.6) is 0 Å². The zero-order valence-electron chi connectivity index (χ0n) is 5.13. The fraction of sp³-hybridized carbons (Fsp3) is 0.333. The van der Waals surface area contributed by atoms with Crippen LogP contribution in [0.1, 0.15) is 0 Å². The van der Waals surface area contributed by atoms with Crippen molar-refractivity contribution in [2.45, 2.75) is 0 Å². The van der Waals surface area contributed by atoms with Crippen molar-refractivity contribution in [2.75, 3.05) is 14.1 Å². The third-order valence-electron chi connectivity index (χ3n) is 1.05. The average molecular weight is 132 g/mol. The second-order valence-corrected chi connectivity index (χ2v) is 2.31. The molecule has 0 spiro atoms. The molecular formula is C6H10ClN. The maximum Gasteiger partial charge on any atom is 0.100 e. The molecule has 1 aliphatic heterocycles. The van der Waals surface area contributed by atoms with Gasteiger partial charge in [-0.15, -0.1) is 0 Å². The van der Waals surface area contributed by atoms with Crippen LogP contribution in [0.4, 0.5) is 0 Å². The normalized spacial score (nSPS) is 20.8. The molecule has 0 aromatic rings. The number of allylic oxidation sites excluding steroid dienone is 2. The second kappa shape index (κ2) is 2.33. The Morgan fingerprint density at radius 3 is 1.50 bits per heavy atom. The fourth-order valence-electron chi connectivity index (χ4n) is 0.593. The molecule has 0 saturated carbocycles. The number of halogens is 1. The van der Waals surface area contributed by atoms with E-state index in [2.05, 4.69) is 38.6 Å². The maximum atomic E-state index is 2.12. The maximum absolute atomic E-state index is 2.12. The molecule has 0 radical (unpaired) electrons. The molecule has 1 nitrogen and oxygen atoms in total. The summed E-state index contributed by atoms with van der Waals surface area (Å²) in [6.45, 7) is 0. The summed E-state index contributed by atoms with van der Waals surface area (Å²) in [5.74, 6) is 0. The molecule has 0 N–H and O–H groups in total. The lowest BCUT2D eigenvalue weighted by atomic mass is 10.6. The predicted molar refractivity (Wildman–Crippen MR) is 30.4 cm³/mol. The van der Waals surface area contributed by atoms with Crippen LogP contribution in [-0.4, -0.2) is 18.6 Å². The summed E-state index contributed by atoms with van der Waals surface area (Å²) in [5, 5.41) is 0. The molecule has 1 rings (SSSR count). The van der Waals surface area contributed by atoms with Crippen molar-refractivity contribution >= 4 is 0 Å². The van der Waals surface area contributed by atoms with Gasteiger partial charge in [-0.2, -0.15) is 0 Å². The third kappa shape index (κ3) is 1.68. The van der Waals surface area contributed by atoms with Crippen molar-refractivity contribution in [3.63, 3.8) is 0 Å². The quantitative estimate of drug-likeness (QED) is 0.337. The SMILES string of the molecule is C[N+]1(C)C=CC=C1.[Cl-]. The van der Waals surface area contributed by atoms with Gasteiger partial charge in [0.1, 0.15) is 12.4 Å². The van der Waals surface area contributed by atoms with Gasteiger partial charge in [0.2, 0.25) is 0 Å². The van der Waals surface area contributed by atoms with Gasteiger partial charge >= 0.3 is 0 Å². The number of hydrogen-bond acceptors (Lipinski definition) is 0. The highest BCUT2D eigenvalue weighted by molar-refractivity contribution is 5.02. The number of rotatable bonds is 0. The van der Waals surface area contributed by atoms with Crippen molar-refractivity contribution in [3.8, 4) is 0 Å². The molecule has 1 aliphatic rings. The van der Waals surface area contributed by atoms with E-state index in [1.165, 1.54) is 0 Å². The topological polar surface area (TPSA) is 0 Å². The molecule has 1 heterocycles. The van der Waals surface area contributed by atoms with Gasteiger partial charge < -0.3 is 12.4 Å². The minimum Gasteiger partial charge on any atom is -1.00 e. The Morgan fingerprint density at radius 1 is 1.00 bits per heavy atom. The summed E-state index contributed by atoms with van der Waals surface area (Å²) in [7, 11) is 4.25. The zero-order valence-corrected chi connectivity index (χ0v) is 5.89. The van der Waals surface area contributed by atoms with Crippen LogP contribution >= 0.6 is 0 Å². The molecule has 0 unspecified atom stereocenters. The lowest BCUT2D eigenvalue weighted by molar-refractivity contribution is -0.781. The third-order valence-corrected chi connectivity index (χ3v) is 1.05. The van der Waals surface area contributed by atoms with Gasteiger partial charge in [-0.1, -0.05) is 0 Å². The Kier molecular flexibility index (Phi) is 2.26. The first-order chi connectivity index (χ1) is 3.21. The van der Waals surface area contributed by atoms with Gasteiger partial charge in [0.25, 0.3) is 0 Å². The molecule has 0 saturated heterocycles. The predicted octanol–water partition coefficient (Wildman–Crippen LogP) is -1.89. The standard InChI is InChI=1S/C6H10N.ClH/c1-7(2)5-3-4-6-7;/h3-6H,1-2H3;1H/q+1;/p-1. The van der Waals surface area contributed by atoms with E-state index in [0.29, 0.717) is 0 Å². The smallest absolute Gasteiger partial charge is 0.100 e. The van der Waals surface area contributed by atoms with E-state index in [4.69, 9.17) is 0 Å². The first kappa shape index (κ1) is 7.73. The Labute approximate surface area is 56.3 Å². The van der Waals surface area contributed by atoms with E-state index in [1.54, 1.807) is 0 Å². The van der Waals surface area contributed by atoms with Gasteiger partial charge in [-0.3, -0.25) is 4.48 Å². The van der Waals surface area contributed by atoms with E-state index in [0.717, 1.165) is 4.48 Å². The summed E-state index contributed by atoms with van der Waals surface area (Å²) >= 11 is 0. The van der Waals surface area contributed by atoms with Crippen LogP contribution in [0.15, 0.2) is 24.6 Å². The average Bonchev–Trinajstić information content (AvgIpc) is 1.84. The minimum atomic E-state index is 0. The monoisotopic (exact) mass is 131 g/mol. The Morgan fingerprint density at radius 2 is 1.38 bits per heavy atom. The van der Waals surface area contributed by atoms with Gasteiger partial charge in [-0.05, 0) is 12.2 Å². The lowest BCUT2D eigenvalue weighted by Gasteiger charge is -2.14. The molecule has 2 heteroatoms. The molecule has 0 amide bonds. The largest absolute Gasteiger partial charge is 1.00 e. The number of quaternary nitrogens is 1. The van der Waals surface area contributed by atoms with Gasteiger partial charge in [-0.25, -0.2) is 0 Å². The molecule has 0 atom stereocenters. The van der Waals surface area contributed by atoms with Crippen molar-refractivity contribution in [2.24, 2.45) is 0 Å². The first-order valence-electron chi connectivity index (χ1n) is 2.41. The van der Waals surface area contributed by atoms with E-state index >= 15 is 0 Å². The second-order valence-electron chi connectivity index (χ2n) is 2.31. The highest BCUT2D eigenvalue weighted by Crippen LogP contribution is 2.05. The van der Waals surface area contributed by atoms with Crippen molar-refractivity contribution in [1.82, 2.24) is 0 Å². The molecular weight excluding hydrogens is 122 g/mol. The summed E-state index contributed by atoms with van der Waals surface area (Å²) in [4.78, 5) is 0. The minimum absolute atomic E-state index is 0. The van der Waals surface area contributed by atoms with E-state index in [9.17, 15) is 0 Å². The van der Waals surface area contributed by atoms with Crippen LogP contribution in [0, 0.1) is 0 Å². The van der Waals surface area contributed by atoms with Gasteiger partial charge in [0.05, 0.1) is 14.1 Å². The van der Waals surface area contributed by atoms with Crippen LogP contribution in [0.25, 0.3) is 0 Å². The summed E-state index contributed by atoms with van der Waals surface area (Å²) < 4.78 is 0.889.